The first kappa shape index (κ1) is 13.5. The predicted octanol–water partition coefficient (Wildman–Crippen LogP) is 3.07. The molecule has 0 amide bonds. The Morgan fingerprint density at radius 2 is 1.70 bits per heavy atom. The summed E-state index contributed by atoms with van der Waals surface area (Å²) in [6.45, 7) is 4.22. The summed E-state index contributed by atoms with van der Waals surface area (Å²) >= 11 is 0. The zero-order valence-corrected chi connectivity index (χ0v) is 13.4. The number of fused-ring (bicyclic) bond motifs is 5. The first-order chi connectivity index (χ1) is 11.3. The van der Waals surface area contributed by atoms with Crippen LogP contribution in [0.5, 0.6) is 0 Å². The summed E-state index contributed by atoms with van der Waals surface area (Å²) in [4.78, 5) is 11.9. The molecule has 4 heteroatoms. The highest BCUT2D eigenvalue weighted by Gasteiger charge is 2.53. The van der Waals surface area contributed by atoms with Crippen molar-refractivity contribution in [1.82, 2.24) is 9.97 Å². The lowest BCUT2D eigenvalue weighted by Crippen LogP contribution is -2.25. The molecule has 4 nitrogen and oxygen atoms in total. The maximum absolute atomic E-state index is 6.08. The fourth-order valence-electron chi connectivity index (χ4n) is 4.58. The third-order valence-corrected chi connectivity index (χ3v) is 5.65. The van der Waals surface area contributed by atoms with Crippen LogP contribution in [-0.4, -0.2) is 35.3 Å². The zero-order chi connectivity index (χ0) is 15.4. The molecule has 1 aromatic heterocycles. The van der Waals surface area contributed by atoms with Gasteiger partial charge in [-0.05, 0) is 19.8 Å². The van der Waals surface area contributed by atoms with Gasteiger partial charge in [-0.25, -0.2) is 9.97 Å². The van der Waals surface area contributed by atoms with Crippen molar-refractivity contribution >= 4 is 5.82 Å². The maximum atomic E-state index is 6.08. The van der Waals surface area contributed by atoms with E-state index in [1.807, 2.05) is 18.2 Å². The molecule has 0 spiro atoms. The van der Waals surface area contributed by atoms with E-state index in [1.165, 1.54) is 12.8 Å². The molecule has 3 aliphatic rings. The SMILES string of the molecule is Cc1cc(N2C[C@@H]3[C@H](C2)[C@H]2CC[C@@H]3O2)nc(-c2ccccc2)n1. The van der Waals surface area contributed by atoms with E-state index >= 15 is 0 Å². The Morgan fingerprint density at radius 3 is 2.39 bits per heavy atom. The van der Waals surface area contributed by atoms with E-state index in [9.17, 15) is 0 Å². The lowest BCUT2D eigenvalue weighted by Gasteiger charge is -2.20. The van der Waals surface area contributed by atoms with Crippen molar-refractivity contribution in [2.24, 2.45) is 11.8 Å². The van der Waals surface area contributed by atoms with Gasteiger partial charge in [0.15, 0.2) is 5.82 Å². The number of hydrogen-bond donors (Lipinski definition) is 0. The number of aromatic nitrogens is 2. The quantitative estimate of drug-likeness (QED) is 0.854. The molecule has 0 aliphatic carbocycles. The largest absolute Gasteiger partial charge is 0.374 e. The Balaban J connectivity index is 1.46. The molecule has 0 radical (unpaired) electrons. The smallest absolute Gasteiger partial charge is 0.161 e. The van der Waals surface area contributed by atoms with Gasteiger partial charge in [0.05, 0.1) is 12.2 Å². The van der Waals surface area contributed by atoms with Crippen LogP contribution >= 0.6 is 0 Å². The molecule has 1 aromatic carbocycles. The van der Waals surface area contributed by atoms with Gasteiger partial charge in [0, 0.05) is 42.2 Å². The minimum absolute atomic E-state index is 0.492. The number of anilines is 1. The average molecular weight is 307 g/mol. The first-order valence-corrected chi connectivity index (χ1v) is 8.59. The lowest BCUT2D eigenvalue weighted by atomic mass is 9.82. The van der Waals surface area contributed by atoms with Crippen LogP contribution in [0.4, 0.5) is 5.82 Å². The summed E-state index contributed by atoms with van der Waals surface area (Å²) in [5.74, 6) is 3.30. The van der Waals surface area contributed by atoms with Crippen LogP contribution in [0.25, 0.3) is 11.4 Å². The van der Waals surface area contributed by atoms with E-state index < -0.39 is 0 Å². The third kappa shape index (κ3) is 2.16. The molecule has 23 heavy (non-hydrogen) atoms. The van der Waals surface area contributed by atoms with Gasteiger partial charge in [-0.1, -0.05) is 30.3 Å². The van der Waals surface area contributed by atoms with Gasteiger partial charge in [-0.3, -0.25) is 0 Å². The number of benzene rings is 1. The molecule has 0 unspecified atom stereocenters. The Bertz CT molecular complexity index is 715. The van der Waals surface area contributed by atoms with Gasteiger partial charge in [0.25, 0.3) is 0 Å². The first-order valence-electron chi connectivity index (χ1n) is 8.59. The Hall–Kier alpha value is -1.94. The second kappa shape index (κ2) is 5.03. The standard InChI is InChI=1S/C19H21N3O/c1-12-9-18(21-19(20-12)13-5-3-2-4-6-13)22-10-14-15(11-22)17-8-7-16(14)23-17/h2-6,9,14-17H,7-8,10-11H2,1H3/t14-,15+,16+,17-. The molecule has 4 heterocycles. The van der Waals surface area contributed by atoms with E-state index in [-0.39, 0.29) is 0 Å². The molecule has 2 aromatic rings. The Labute approximate surface area is 136 Å². The second-order valence-electron chi connectivity index (χ2n) is 7.08. The van der Waals surface area contributed by atoms with E-state index in [1.54, 1.807) is 0 Å². The van der Waals surface area contributed by atoms with Gasteiger partial charge in [0.2, 0.25) is 0 Å². The molecule has 0 saturated carbocycles. The summed E-state index contributed by atoms with van der Waals surface area (Å²) < 4.78 is 6.08. The second-order valence-corrected chi connectivity index (χ2v) is 7.08. The number of hydrogen-bond acceptors (Lipinski definition) is 4. The van der Waals surface area contributed by atoms with Crippen molar-refractivity contribution in [1.29, 1.82) is 0 Å². The van der Waals surface area contributed by atoms with Crippen molar-refractivity contribution in [2.75, 3.05) is 18.0 Å². The third-order valence-electron chi connectivity index (χ3n) is 5.65. The summed E-state index contributed by atoms with van der Waals surface area (Å²) in [6.07, 6.45) is 3.48. The zero-order valence-electron chi connectivity index (χ0n) is 13.4. The van der Waals surface area contributed by atoms with Gasteiger partial charge < -0.3 is 9.64 Å². The van der Waals surface area contributed by atoms with Crippen molar-refractivity contribution in [2.45, 2.75) is 32.0 Å². The summed E-state index contributed by atoms with van der Waals surface area (Å²) in [7, 11) is 0. The number of aryl methyl sites for hydroxylation is 1. The normalized spacial score (nSPS) is 31.6. The monoisotopic (exact) mass is 307 g/mol. The average Bonchev–Trinajstić information content (AvgIpc) is 3.28. The van der Waals surface area contributed by atoms with Crippen LogP contribution in [-0.2, 0) is 4.74 Å². The van der Waals surface area contributed by atoms with Crippen molar-refractivity contribution in [3.63, 3.8) is 0 Å². The van der Waals surface area contributed by atoms with E-state index in [4.69, 9.17) is 9.72 Å². The van der Waals surface area contributed by atoms with Crippen LogP contribution in [0.2, 0.25) is 0 Å². The highest BCUT2D eigenvalue weighted by molar-refractivity contribution is 5.58. The molecule has 3 fully saturated rings. The summed E-state index contributed by atoms with van der Waals surface area (Å²) in [5, 5.41) is 0. The molecular weight excluding hydrogens is 286 g/mol. The van der Waals surface area contributed by atoms with Crippen molar-refractivity contribution in [3.05, 3.63) is 42.1 Å². The van der Waals surface area contributed by atoms with Crippen LogP contribution in [0.3, 0.4) is 0 Å². The minimum atomic E-state index is 0.492. The molecular formula is C19H21N3O. The maximum Gasteiger partial charge on any atom is 0.161 e. The van der Waals surface area contributed by atoms with E-state index in [2.05, 4.69) is 35.0 Å². The van der Waals surface area contributed by atoms with Gasteiger partial charge in [-0.2, -0.15) is 0 Å². The molecule has 4 atom stereocenters. The van der Waals surface area contributed by atoms with Crippen molar-refractivity contribution in [3.8, 4) is 11.4 Å². The van der Waals surface area contributed by atoms with Gasteiger partial charge in [0.1, 0.15) is 5.82 Å². The van der Waals surface area contributed by atoms with Crippen LogP contribution < -0.4 is 4.90 Å². The predicted molar refractivity (Wildman–Crippen MR) is 89.3 cm³/mol. The molecule has 5 rings (SSSR count). The number of ether oxygens (including phenoxy) is 1. The highest BCUT2D eigenvalue weighted by Crippen LogP contribution is 2.47. The van der Waals surface area contributed by atoms with Crippen LogP contribution in [0.1, 0.15) is 18.5 Å². The Morgan fingerprint density at radius 1 is 1.00 bits per heavy atom. The summed E-state index contributed by atoms with van der Waals surface area (Å²) in [6, 6.07) is 12.4. The number of rotatable bonds is 2. The van der Waals surface area contributed by atoms with Crippen LogP contribution in [0, 0.1) is 18.8 Å². The molecule has 3 aliphatic heterocycles. The topological polar surface area (TPSA) is 38.2 Å². The van der Waals surface area contributed by atoms with E-state index in [0.717, 1.165) is 36.0 Å². The fraction of sp³-hybridized carbons (Fsp3) is 0.474. The molecule has 118 valence electrons. The van der Waals surface area contributed by atoms with Gasteiger partial charge in [-0.15, -0.1) is 0 Å². The lowest BCUT2D eigenvalue weighted by molar-refractivity contribution is 0.0849. The molecule has 3 saturated heterocycles. The summed E-state index contributed by atoms with van der Waals surface area (Å²) in [5.41, 5.74) is 2.12. The fourth-order valence-corrected chi connectivity index (χ4v) is 4.58. The number of nitrogens with zero attached hydrogens (tertiary/aromatic N) is 3. The highest BCUT2D eigenvalue weighted by atomic mass is 16.5. The van der Waals surface area contributed by atoms with Gasteiger partial charge >= 0.3 is 0 Å². The molecule has 2 bridgehead atoms. The van der Waals surface area contributed by atoms with Crippen molar-refractivity contribution < 1.29 is 4.74 Å². The Kier molecular flexibility index (Phi) is 2.95. The van der Waals surface area contributed by atoms with E-state index in [0.29, 0.717) is 24.0 Å². The minimum Gasteiger partial charge on any atom is -0.374 e. The molecule has 0 N–H and O–H groups in total. The van der Waals surface area contributed by atoms with Crippen LogP contribution in [0.15, 0.2) is 36.4 Å².